The second kappa shape index (κ2) is 6.18. The summed E-state index contributed by atoms with van der Waals surface area (Å²) >= 11 is 0. The second-order valence-electron chi connectivity index (χ2n) is 5.02. The first-order valence-electron chi connectivity index (χ1n) is 6.49. The number of aromatic hydroxyl groups is 3. The lowest BCUT2D eigenvalue weighted by Gasteiger charge is -2.23. The molecule has 23 heavy (non-hydrogen) atoms. The van der Waals surface area contributed by atoms with Crippen molar-refractivity contribution in [3.05, 3.63) is 17.7 Å². The van der Waals surface area contributed by atoms with E-state index in [2.05, 4.69) is 0 Å². The van der Waals surface area contributed by atoms with Gasteiger partial charge in [0, 0.05) is 0 Å². The molecule has 7 N–H and O–H groups in total. The number of rotatable bonds is 4. The Morgan fingerprint density at radius 3 is 2.26 bits per heavy atom. The molecule has 10 heteroatoms. The number of phenolic OH excluding ortho intramolecular Hbond substituents is 3. The van der Waals surface area contributed by atoms with E-state index in [1.165, 1.54) is 0 Å². The molecular formula is C13H16O10. The number of esters is 1. The average molecular weight is 332 g/mol. The molecule has 0 aliphatic carbocycles. The summed E-state index contributed by atoms with van der Waals surface area (Å²) in [6, 6.07) is 1.62. The van der Waals surface area contributed by atoms with Gasteiger partial charge < -0.3 is 45.2 Å². The van der Waals surface area contributed by atoms with E-state index in [0.717, 1.165) is 12.1 Å². The molecule has 1 aliphatic heterocycles. The van der Waals surface area contributed by atoms with Crippen LogP contribution < -0.4 is 0 Å². The molecular weight excluding hydrogens is 316 g/mol. The number of benzene rings is 1. The quantitative estimate of drug-likeness (QED) is 0.235. The summed E-state index contributed by atoms with van der Waals surface area (Å²) < 4.78 is 9.78. The van der Waals surface area contributed by atoms with Gasteiger partial charge in [-0.3, -0.25) is 0 Å². The van der Waals surface area contributed by atoms with E-state index >= 15 is 0 Å². The van der Waals surface area contributed by atoms with Gasteiger partial charge in [0.25, 0.3) is 0 Å². The van der Waals surface area contributed by atoms with E-state index in [1.807, 2.05) is 0 Å². The molecule has 0 aromatic heterocycles. The van der Waals surface area contributed by atoms with Crippen LogP contribution in [-0.2, 0) is 9.47 Å². The van der Waals surface area contributed by atoms with E-state index in [0.29, 0.717) is 0 Å². The predicted octanol–water partition coefficient (Wildman–Crippen LogP) is -2.24. The molecule has 0 amide bonds. The summed E-state index contributed by atoms with van der Waals surface area (Å²) in [5.41, 5.74) is -0.360. The fourth-order valence-corrected chi connectivity index (χ4v) is 2.18. The SMILES string of the molecule is O=C(O[C@@H]1[C@@H](CO)O[C@](O)(CO)[C@H]1O)c1cc(O)c(O)c(O)c1. The second-order valence-corrected chi connectivity index (χ2v) is 5.02. The number of aliphatic hydroxyl groups excluding tert-OH is 3. The summed E-state index contributed by atoms with van der Waals surface area (Å²) in [6.07, 6.45) is -4.65. The van der Waals surface area contributed by atoms with Crippen molar-refractivity contribution < 1.29 is 50.0 Å². The summed E-state index contributed by atoms with van der Waals surface area (Å²) in [5.74, 6) is -5.91. The van der Waals surface area contributed by atoms with Gasteiger partial charge in [0.05, 0.1) is 18.8 Å². The summed E-state index contributed by atoms with van der Waals surface area (Å²) in [4.78, 5) is 12.0. The molecule has 1 fully saturated rings. The van der Waals surface area contributed by atoms with Gasteiger partial charge in [-0.25, -0.2) is 4.79 Å². The molecule has 2 rings (SSSR count). The normalized spacial score (nSPS) is 30.3. The molecule has 10 nitrogen and oxygen atoms in total. The zero-order chi connectivity index (χ0) is 17.4. The zero-order valence-electron chi connectivity index (χ0n) is 11.7. The van der Waals surface area contributed by atoms with Crippen LogP contribution in [0.2, 0.25) is 0 Å². The van der Waals surface area contributed by atoms with Gasteiger partial charge in [-0.05, 0) is 12.1 Å². The Kier molecular flexibility index (Phi) is 4.63. The average Bonchev–Trinajstić information content (AvgIpc) is 2.77. The molecule has 0 saturated carbocycles. The van der Waals surface area contributed by atoms with Crippen LogP contribution in [0.4, 0.5) is 0 Å². The first kappa shape index (κ1) is 17.2. The van der Waals surface area contributed by atoms with Crippen LogP contribution in [0.25, 0.3) is 0 Å². The van der Waals surface area contributed by atoms with Gasteiger partial charge in [0.1, 0.15) is 12.2 Å². The van der Waals surface area contributed by atoms with Gasteiger partial charge >= 0.3 is 5.97 Å². The van der Waals surface area contributed by atoms with Crippen molar-refractivity contribution in [1.29, 1.82) is 0 Å². The lowest BCUT2D eigenvalue weighted by molar-refractivity contribution is -0.248. The summed E-state index contributed by atoms with van der Waals surface area (Å²) in [6.45, 7) is -1.72. The fourth-order valence-electron chi connectivity index (χ4n) is 2.18. The molecule has 0 bridgehead atoms. The summed E-state index contributed by atoms with van der Waals surface area (Å²) in [7, 11) is 0. The Labute approximate surface area is 129 Å². The van der Waals surface area contributed by atoms with Gasteiger partial charge in [-0.1, -0.05) is 0 Å². The Hall–Kier alpha value is -2.11. The lowest BCUT2D eigenvalue weighted by atomic mass is 10.1. The van der Waals surface area contributed by atoms with Crippen molar-refractivity contribution in [3.8, 4) is 17.2 Å². The maximum absolute atomic E-state index is 12.0. The zero-order valence-corrected chi connectivity index (χ0v) is 11.7. The van der Waals surface area contributed by atoms with Crippen LogP contribution in [0.1, 0.15) is 10.4 Å². The van der Waals surface area contributed by atoms with E-state index in [9.17, 15) is 30.3 Å². The fraction of sp³-hybridized carbons (Fsp3) is 0.462. The molecule has 1 aromatic carbocycles. The van der Waals surface area contributed by atoms with E-state index in [-0.39, 0.29) is 5.56 Å². The Bertz CT molecular complexity index is 579. The summed E-state index contributed by atoms with van der Waals surface area (Å²) in [5, 5.41) is 65.8. The largest absolute Gasteiger partial charge is 0.504 e. The minimum atomic E-state index is -2.41. The van der Waals surface area contributed by atoms with Crippen LogP contribution in [0.3, 0.4) is 0 Å². The third-order valence-corrected chi connectivity index (χ3v) is 3.45. The van der Waals surface area contributed by atoms with E-state index in [4.69, 9.17) is 19.7 Å². The maximum Gasteiger partial charge on any atom is 0.338 e. The van der Waals surface area contributed by atoms with Gasteiger partial charge in [-0.15, -0.1) is 0 Å². The Morgan fingerprint density at radius 1 is 1.22 bits per heavy atom. The monoisotopic (exact) mass is 332 g/mol. The van der Waals surface area contributed by atoms with Crippen LogP contribution >= 0.6 is 0 Å². The topological polar surface area (TPSA) is 177 Å². The van der Waals surface area contributed by atoms with Crippen LogP contribution in [0.5, 0.6) is 17.2 Å². The molecule has 128 valence electrons. The van der Waals surface area contributed by atoms with Crippen molar-refractivity contribution in [3.63, 3.8) is 0 Å². The molecule has 0 radical (unpaired) electrons. The van der Waals surface area contributed by atoms with Crippen molar-refractivity contribution in [1.82, 2.24) is 0 Å². The van der Waals surface area contributed by atoms with Gasteiger partial charge in [-0.2, -0.15) is 0 Å². The highest BCUT2D eigenvalue weighted by molar-refractivity contribution is 5.91. The van der Waals surface area contributed by atoms with Crippen molar-refractivity contribution in [2.45, 2.75) is 24.1 Å². The maximum atomic E-state index is 12.0. The number of phenols is 3. The van der Waals surface area contributed by atoms with Crippen molar-refractivity contribution >= 4 is 5.97 Å². The van der Waals surface area contributed by atoms with Crippen molar-refractivity contribution in [2.75, 3.05) is 13.2 Å². The molecule has 0 spiro atoms. The van der Waals surface area contributed by atoms with Gasteiger partial charge in [0.2, 0.25) is 5.79 Å². The van der Waals surface area contributed by atoms with Gasteiger partial charge in [0.15, 0.2) is 23.4 Å². The number of carbonyl (C=O) groups is 1. The highest BCUT2D eigenvalue weighted by Crippen LogP contribution is 2.36. The third kappa shape index (κ3) is 3.02. The van der Waals surface area contributed by atoms with Crippen LogP contribution in [0.15, 0.2) is 12.1 Å². The Morgan fingerprint density at radius 2 is 1.78 bits per heavy atom. The smallest absolute Gasteiger partial charge is 0.338 e. The van der Waals surface area contributed by atoms with E-state index in [1.54, 1.807) is 0 Å². The van der Waals surface area contributed by atoms with Crippen LogP contribution in [0, 0.1) is 0 Å². The highest BCUT2D eigenvalue weighted by atomic mass is 16.7. The third-order valence-electron chi connectivity index (χ3n) is 3.45. The lowest BCUT2D eigenvalue weighted by Crippen LogP contribution is -2.47. The number of ether oxygens (including phenoxy) is 2. The minimum Gasteiger partial charge on any atom is -0.504 e. The number of carbonyl (C=O) groups excluding carboxylic acids is 1. The molecule has 1 saturated heterocycles. The highest BCUT2D eigenvalue weighted by Gasteiger charge is 2.55. The van der Waals surface area contributed by atoms with E-state index < -0.39 is 60.5 Å². The standard InChI is InChI=1S/C13H16O10/c14-3-8-10(11(19)13(21,4-15)23-8)22-12(20)5-1-6(16)9(18)7(17)2-5/h1-2,8,10-11,14-19,21H,3-4H2/t8-,10-,11+,13-/m1/s1. The first-order valence-corrected chi connectivity index (χ1v) is 6.49. The Balaban J connectivity index is 2.22. The molecule has 1 aromatic rings. The molecule has 1 heterocycles. The molecule has 4 atom stereocenters. The number of hydrogen-bond donors (Lipinski definition) is 7. The van der Waals surface area contributed by atoms with Crippen molar-refractivity contribution in [2.24, 2.45) is 0 Å². The molecule has 1 aliphatic rings. The predicted molar refractivity (Wildman–Crippen MR) is 70.6 cm³/mol. The molecule has 0 unspecified atom stereocenters. The first-order chi connectivity index (χ1) is 10.7. The van der Waals surface area contributed by atoms with Crippen LogP contribution in [-0.4, -0.2) is 79.0 Å². The number of aliphatic hydroxyl groups is 4. The minimum absolute atomic E-state index is 0.360. The number of hydrogen-bond acceptors (Lipinski definition) is 10.